The number of nitrogens with zero attached hydrogens (tertiary/aromatic N) is 4. The molecule has 0 radical (unpaired) electrons. The summed E-state index contributed by atoms with van der Waals surface area (Å²) >= 11 is 6.19. The predicted molar refractivity (Wildman–Crippen MR) is 98.8 cm³/mol. The standard InChI is InChI=1S/C19H11ClN4O2/c20-12-8-9-14-15(11-12)24-18(25)17(16-7-4-10-26-16)21-22-19(24)23(14)13-5-2-1-3-6-13/h1-11H. The van der Waals surface area contributed by atoms with E-state index in [9.17, 15) is 4.79 Å². The first-order valence-corrected chi connectivity index (χ1v) is 8.30. The Kier molecular flexibility index (Phi) is 3.20. The second kappa shape index (κ2) is 5.57. The summed E-state index contributed by atoms with van der Waals surface area (Å²) in [6, 6.07) is 18.5. The normalized spacial score (nSPS) is 11.4. The zero-order chi connectivity index (χ0) is 17.7. The number of benzene rings is 2. The maximum atomic E-state index is 13.1. The van der Waals surface area contributed by atoms with Crippen LogP contribution in [0, 0.1) is 0 Å². The molecule has 6 nitrogen and oxygen atoms in total. The van der Waals surface area contributed by atoms with E-state index in [1.54, 1.807) is 24.3 Å². The maximum Gasteiger partial charge on any atom is 0.289 e. The minimum absolute atomic E-state index is 0.152. The Balaban J connectivity index is 1.97. The maximum absolute atomic E-state index is 13.1. The highest BCUT2D eigenvalue weighted by atomic mass is 35.5. The number of aromatic nitrogens is 4. The van der Waals surface area contributed by atoms with Crippen LogP contribution in [0.4, 0.5) is 0 Å². The van der Waals surface area contributed by atoms with Crippen molar-refractivity contribution in [1.82, 2.24) is 19.2 Å². The van der Waals surface area contributed by atoms with Gasteiger partial charge in [0.05, 0.1) is 17.3 Å². The molecule has 0 aliphatic carbocycles. The number of hydrogen-bond acceptors (Lipinski definition) is 4. The predicted octanol–water partition coefficient (Wildman–Crippen LogP) is 3.95. The molecule has 0 aliphatic rings. The van der Waals surface area contributed by atoms with Crippen LogP contribution in [0.2, 0.25) is 5.02 Å². The zero-order valence-corrected chi connectivity index (χ0v) is 14.1. The molecule has 0 bridgehead atoms. The van der Waals surface area contributed by atoms with Crippen LogP contribution >= 0.6 is 11.6 Å². The SMILES string of the molecule is O=c1c(-c2ccco2)nnc2n(-c3ccccc3)c3ccc(Cl)cc3n12. The van der Waals surface area contributed by atoms with Crippen LogP contribution in [0.5, 0.6) is 0 Å². The highest BCUT2D eigenvalue weighted by Gasteiger charge is 2.19. The Morgan fingerprint density at radius 2 is 1.77 bits per heavy atom. The molecule has 0 N–H and O–H groups in total. The molecule has 3 heterocycles. The Hall–Kier alpha value is -3.38. The van der Waals surface area contributed by atoms with Crippen molar-refractivity contribution in [3.63, 3.8) is 0 Å². The Bertz CT molecular complexity index is 1300. The van der Waals surface area contributed by atoms with Gasteiger partial charge in [0.25, 0.3) is 5.56 Å². The third-order valence-corrected chi connectivity index (χ3v) is 4.47. The van der Waals surface area contributed by atoms with Gasteiger partial charge in [-0.2, -0.15) is 0 Å². The summed E-state index contributed by atoms with van der Waals surface area (Å²) in [7, 11) is 0. The lowest BCUT2D eigenvalue weighted by molar-refractivity contribution is 0.577. The third kappa shape index (κ3) is 2.09. The van der Waals surface area contributed by atoms with Crippen LogP contribution in [-0.2, 0) is 0 Å². The van der Waals surface area contributed by atoms with Gasteiger partial charge in [-0.05, 0) is 42.5 Å². The number of hydrogen-bond donors (Lipinski definition) is 0. The molecule has 0 fully saturated rings. The molecule has 0 amide bonds. The van der Waals surface area contributed by atoms with E-state index in [0.717, 1.165) is 11.2 Å². The van der Waals surface area contributed by atoms with E-state index in [-0.39, 0.29) is 11.3 Å². The zero-order valence-electron chi connectivity index (χ0n) is 13.3. The first-order chi connectivity index (χ1) is 12.7. The summed E-state index contributed by atoms with van der Waals surface area (Å²) < 4.78 is 8.72. The first kappa shape index (κ1) is 14.9. The van der Waals surface area contributed by atoms with Gasteiger partial charge < -0.3 is 4.42 Å². The first-order valence-electron chi connectivity index (χ1n) is 7.93. The van der Waals surface area contributed by atoms with Crippen molar-refractivity contribution in [2.45, 2.75) is 0 Å². The molecule has 26 heavy (non-hydrogen) atoms. The van der Waals surface area contributed by atoms with Crippen LogP contribution < -0.4 is 5.56 Å². The van der Waals surface area contributed by atoms with E-state index < -0.39 is 0 Å². The van der Waals surface area contributed by atoms with E-state index in [0.29, 0.717) is 22.1 Å². The van der Waals surface area contributed by atoms with Gasteiger partial charge in [-0.3, -0.25) is 9.36 Å². The summed E-state index contributed by atoms with van der Waals surface area (Å²) in [5.74, 6) is 0.785. The fourth-order valence-corrected chi connectivity index (χ4v) is 3.28. The molecule has 0 saturated heterocycles. The molecule has 5 rings (SSSR count). The van der Waals surface area contributed by atoms with Crippen LogP contribution in [0.1, 0.15) is 0 Å². The number of para-hydroxylation sites is 1. The van der Waals surface area contributed by atoms with Crippen molar-refractivity contribution in [2.24, 2.45) is 0 Å². The van der Waals surface area contributed by atoms with Crippen molar-refractivity contribution in [3.8, 4) is 17.1 Å². The van der Waals surface area contributed by atoms with Crippen LogP contribution in [0.25, 0.3) is 34.0 Å². The van der Waals surface area contributed by atoms with Crippen molar-refractivity contribution in [2.75, 3.05) is 0 Å². The molecule has 0 saturated carbocycles. The van der Waals surface area contributed by atoms with Crippen molar-refractivity contribution >= 4 is 28.4 Å². The number of fused-ring (bicyclic) bond motifs is 3. The Morgan fingerprint density at radius 1 is 0.923 bits per heavy atom. The van der Waals surface area contributed by atoms with E-state index in [2.05, 4.69) is 10.2 Å². The average Bonchev–Trinajstić information content (AvgIpc) is 3.29. The van der Waals surface area contributed by atoms with Gasteiger partial charge in [0.15, 0.2) is 11.5 Å². The molecule has 5 aromatic rings. The van der Waals surface area contributed by atoms with Crippen LogP contribution in [0.15, 0.2) is 76.1 Å². The van der Waals surface area contributed by atoms with E-state index in [1.807, 2.05) is 41.0 Å². The monoisotopic (exact) mass is 362 g/mol. The fraction of sp³-hybridized carbons (Fsp3) is 0. The minimum atomic E-state index is -0.313. The number of rotatable bonds is 2. The van der Waals surface area contributed by atoms with Gasteiger partial charge in [-0.15, -0.1) is 10.2 Å². The van der Waals surface area contributed by atoms with Gasteiger partial charge in [0.2, 0.25) is 5.78 Å². The molecule has 3 aromatic heterocycles. The molecule has 0 spiro atoms. The molecular formula is C19H11ClN4O2. The fourth-order valence-electron chi connectivity index (χ4n) is 3.11. The number of furan rings is 1. The summed E-state index contributed by atoms with van der Waals surface area (Å²) in [5, 5.41) is 8.97. The van der Waals surface area contributed by atoms with E-state index in [4.69, 9.17) is 16.0 Å². The molecular weight excluding hydrogens is 352 g/mol. The Labute approximate surface area is 151 Å². The van der Waals surface area contributed by atoms with Crippen LogP contribution in [-0.4, -0.2) is 19.2 Å². The van der Waals surface area contributed by atoms with Gasteiger partial charge in [0, 0.05) is 10.7 Å². The van der Waals surface area contributed by atoms with Crippen LogP contribution in [0.3, 0.4) is 0 Å². The van der Waals surface area contributed by atoms with Gasteiger partial charge in [-0.1, -0.05) is 29.8 Å². The van der Waals surface area contributed by atoms with Crippen molar-refractivity contribution in [1.29, 1.82) is 0 Å². The quantitative estimate of drug-likeness (QED) is 0.477. The van der Waals surface area contributed by atoms with E-state index >= 15 is 0 Å². The Morgan fingerprint density at radius 3 is 2.54 bits per heavy atom. The molecule has 7 heteroatoms. The minimum Gasteiger partial charge on any atom is -0.462 e. The summed E-state index contributed by atoms with van der Waals surface area (Å²) in [6.45, 7) is 0. The van der Waals surface area contributed by atoms with Gasteiger partial charge in [-0.25, -0.2) is 4.40 Å². The van der Waals surface area contributed by atoms with E-state index in [1.165, 1.54) is 10.7 Å². The average molecular weight is 363 g/mol. The highest BCUT2D eigenvalue weighted by molar-refractivity contribution is 6.31. The van der Waals surface area contributed by atoms with Gasteiger partial charge >= 0.3 is 0 Å². The second-order valence-electron chi connectivity index (χ2n) is 5.77. The largest absolute Gasteiger partial charge is 0.462 e. The van der Waals surface area contributed by atoms with Crippen molar-refractivity contribution < 1.29 is 4.42 Å². The summed E-state index contributed by atoms with van der Waals surface area (Å²) in [6.07, 6.45) is 1.50. The molecule has 0 unspecified atom stereocenters. The molecule has 126 valence electrons. The lowest BCUT2D eigenvalue weighted by Gasteiger charge is -2.05. The lowest BCUT2D eigenvalue weighted by atomic mass is 10.3. The number of halogens is 1. The van der Waals surface area contributed by atoms with Gasteiger partial charge in [0.1, 0.15) is 0 Å². The second-order valence-corrected chi connectivity index (χ2v) is 6.21. The molecule has 0 aliphatic heterocycles. The lowest BCUT2D eigenvalue weighted by Crippen LogP contribution is -2.18. The summed E-state index contributed by atoms with van der Waals surface area (Å²) in [4.78, 5) is 13.1. The smallest absolute Gasteiger partial charge is 0.289 e. The molecule has 0 atom stereocenters. The topological polar surface area (TPSA) is 65.3 Å². The summed E-state index contributed by atoms with van der Waals surface area (Å²) in [5.41, 5.74) is 2.18. The third-order valence-electron chi connectivity index (χ3n) is 4.23. The molecule has 2 aromatic carbocycles. The van der Waals surface area contributed by atoms with Crippen molar-refractivity contribution in [3.05, 3.63) is 82.3 Å². The number of imidazole rings is 1. The highest BCUT2D eigenvalue weighted by Crippen LogP contribution is 2.26.